The van der Waals surface area contributed by atoms with Crippen molar-refractivity contribution >= 4 is 22.3 Å². The molecule has 0 bridgehead atoms. The summed E-state index contributed by atoms with van der Waals surface area (Å²) < 4.78 is 7.38. The smallest absolute Gasteiger partial charge is 0.309 e. The lowest BCUT2D eigenvalue weighted by molar-refractivity contribution is -0.149. The summed E-state index contributed by atoms with van der Waals surface area (Å²) in [5, 5.41) is 2.08. The van der Waals surface area contributed by atoms with Gasteiger partial charge in [-0.15, -0.1) is 11.3 Å². The molecule has 0 saturated carbocycles. The summed E-state index contributed by atoms with van der Waals surface area (Å²) in [6.45, 7) is 5.00. The van der Waals surface area contributed by atoms with E-state index in [1.165, 1.54) is 5.69 Å². The van der Waals surface area contributed by atoms with E-state index in [4.69, 9.17) is 9.72 Å². The monoisotopic (exact) mass is 369 g/mol. The van der Waals surface area contributed by atoms with Crippen LogP contribution in [0, 0.1) is 5.92 Å². The van der Waals surface area contributed by atoms with Gasteiger partial charge in [-0.3, -0.25) is 14.1 Å². The topological polar surface area (TPSA) is 46.8 Å². The lowest BCUT2D eigenvalue weighted by atomic mass is 9.97. The second kappa shape index (κ2) is 7.60. The third-order valence-corrected chi connectivity index (χ3v) is 5.75. The van der Waals surface area contributed by atoms with Crippen LogP contribution >= 0.6 is 11.3 Å². The molecule has 6 heteroatoms. The predicted molar refractivity (Wildman–Crippen MR) is 103 cm³/mol. The number of ether oxygens (including phenoxy) is 1. The number of nitrogens with zero attached hydrogens (tertiary/aromatic N) is 3. The third kappa shape index (κ3) is 3.39. The molecule has 0 amide bonds. The van der Waals surface area contributed by atoms with E-state index in [0.717, 1.165) is 48.7 Å². The average molecular weight is 369 g/mol. The Morgan fingerprint density at radius 2 is 2.04 bits per heavy atom. The lowest BCUT2D eigenvalue weighted by Crippen LogP contribution is -2.36. The van der Waals surface area contributed by atoms with Crippen LogP contribution in [-0.4, -0.2) is 40.0 Å². The molecule has 26 heavy (non-hydrogen) atoms. The fourth-order valence-electron chi connectivity index (χ4n) is 3.61. The van der Waals surface area contributed by atoms with E-state index < -0.39 is 0 Å². The number of thiazole rings is 1. The zero-order valence-electron chi connectivity index (χ0n) is 14.9. The van der Waals surface area contributed by atoms with Gasteiger partial charge in [-0.1, -0.05) is 30.3 Å². The standard InChI is InChI=1S/C20H23N3O2S/c1-2-25-19(24)16-8-10-22(11-9-16)14-17-18(15-6-4-3-5-7-15)21-20-23(17)12-13-26-20/h3-7,12-13,16H,2,8-11,14H2,1H3. The molecule has 0 spiro atoms. The second-order valence-corrected chi connectivity index (χ2v) is 7.50. The maximum absolute atomic E-state index is 11.9. The Kier molecular flexibility index (Phi) is 5.04. The quantitative estimate of drug-likeness (QED) is 0.641. The van der Waals surface area contributed by atoms with Crippen LogP contribution in [0.3, 0.4) is 0 Å². The molecule has 1 fully saturated rings. The number of fused-ring (bicyclic) bond motifs is 1. The Balaban J connectivity index is 1.53. The van der Waals surface area contributed by atoms with Gasteiger partial charge in [0.25, 0.3) is 0 Å². The van der Waals surface area contributed by atoms with Crippen LogP contribution in [0.25, 0.3) is 16.2 Å². The first-order valence-electron chi connectivity index (χ1n) is 9.15. The number of carbonyl (C=O) groups is 1. The van der Waals surface area contributed by atoms with Crippen molar-refractivity contribution in [2.45, 2.75) is 26.3 Å². The molecule has 3 heterocycles. The molecule has 0 radical (unpaired) electrons. The van der Waals surface area contributed by atoms with Crippen LogP contribution in [-0.2, 0) is 16.1 Å². The summed E-state index contributed by atoms with van der Waals surface area (Å²) in [5.41, 5.74) is 3.44. The summed E-state index contributed by atoms with van der Waals surface area (Å²) in [6, 6.07) is 10.4. The van der Waals surface area contributed by atoms with Crippen LogP contribution in [0.4, 0.5) is 0 Å². The van der Waals surface area contributed by atoms with Gasteiger partial charge in [0.15, 0.2) is 4.96 Å². The maximum atomic E-state index is 11.9. The molecule has 1 aliphatic heterocycles. The number of hydrogen-bond donors (Lipinski definition) is 0. The van der Waals surface area contributed by atoms with Crippen molar-refractivity contribution < 1.29 is 9.53 Å². The van der Waals surface area contributed by atoms with E-state index in [0.29, 0.717) is 6.61 Å². The SMILES string of the molecule is CCOC(=O)C1CCN(Cc2c(-c3ccccc3)nc3sccn23)CC1. The highest BCUT2D eigenvalue weighted by Crippen LogP contribution is 2.29. The molecule has 1 saturated heterocycles. The van der Waals surface area contributed by atoms with Gasteiger partial charge >= 0.3 is 5.97 Å². The molecule has 0 N–H and O–H groups in total. The number of esters is 1. The fraction of sp³-hybridized carbons (Fsp3) is 0.400. The summed E-state index contributed by atoms with van der Waals surface area (Å²) >= 11 is 1.66. The number of piperidine rings is 1. The minimum atomic E-state index is -0.0401. The zero-order valence-corrected chi connectivity index (χ0v) is 15.7. The molecular formula is C20H23N3O2S. The van der Waals surface area contributed by atoms with Crippen molar-refractivity contribution in [3.8, 4) is 11.3 Å². The van der Waals surface area contributed by atoms with Crippen molar-refractivity contribution in [1.82, 2.24) is 14.3 Å². The van der Waals surface area contributed by atoms with E-state index in [1.54, 1.807) is 11.3 Å². The molecule has 1 aliphatic rings. The molecule has 5 nitrogen and oxygen atoms in total. The Bertz CT molecular complexity index is 879. The van der Waals surface area contributed by atoms with Crippen molar-refractivity contribution in [2.24, 2.45) is 5.92 Å². The number of likely N-dealkylation sites (tertiary alicyclic amines) is 1. The highest BCUT2D eigenvalue weighted by atomic mass is 32.1. The molecular weight excluding hydrogens is 346 g/mol. The van der Waals surface area contributed by atoms with Gasteiger partial charge in [-0.25, -0.2) is 4.98 Å². The molecule has 136 valence electrons. The predicted octanol–water partition coefficient (Wildman–Crippen LogP) is 3.84. The number of benzene rings is 1. The van der Waals surface area contributed by atoms with Gasteiger partial charge in [0.2, 0.25) is 0 Å². The highest BCUT2D eigenvalue weighted by Gasteiger charge is 2.27. The van der Waals surface area contributed by atoms with Crippen molar-refractivity contribution in [1.29, 1.82) is 0 Å². The van der Waals surface area contributed by atoms with E-state index in [1.807, 2.05) is 13.0 Å². The van der Waals surface area contributed by atoms with Gasteiger partial charge < -0.3 is 4.74 Å². The number of carbonyl (C=O) groups excluding carboxylic acids is 1. The van der Waals surface area contributed by atoms with E-state index >= 15 is 0 Å². The first-order chi connectivity index (χ1) is 12.8. The first-order valence-corrected chi connectivity index (χ1v) is 10.0. The number of rotatable bonds is 5. The molecule has 1 aromatic carbocycles. The van der Waals surface area contributed by atoms with Crippen molar-refractivity contribution in [2.75, 3.05) is 19.7 Å². The molecule has 4 rings (SSSR count). The third-order valence-electron chi connectivity index (χ3n) is 4.99. The minimum Gasteiger partial charge on any atom is -0.466 e. The first kappa shape index (κ1) is 17.2. The molecule has 0 atom stereocenters. The van der Waals surface area contributed by atoms with E-state index in [-0.39, 0.29) is 11.9 Å². The average Bonchev–Trinajstić information content (AvgIpc) is 3.26. The molecule has 2 aromatic heterocycles. The molecule has 0 unspecified atom stereocenters. The van der Waals surface area contributed by atoms with E-state index in [9.17, 15) is 4.79 Å². The van der Waals surface area contributed by atoms with Crippen LogP contribution in [0.1, 0.15) is 25.5 Å². The Morgan fingerprint density at radius 3 is 2.77 bits per heavy atom. The summed E-state index contributed by atoms with van der Waals surface area (Å²) in [5.74, 6) is 0.00750. The van der Waals surface area contributed by atoms with Gasteiger partial charge in [-0.2, -0.15) is 0 Å². The minimum absolute atomic E-state index is 0.0401. The Labute approximate surface area is 157 Å². The van der Waals surface area contributed by atoms with Crippen LogP contribution in [0.2, 0.25) is 0 Å². The van der Waals surface area contributed by atoms with Gasteiger partial charge in [0.05, 0.1) is 23.9 Å². The zero-order chi connectivity index (χ0) is 17.9. The normalized spacial score (nSPS) is 16.2. The van der Waals surface area contributed by atoms with Crippen LogP contribution < -0.4 is 0 Å². The fourth-order valence-corrected chi connectivity index (χ4v) is 4.34. The maximum Gasteiger partial charge on any atom is 0.309 e. The van der Waals surface area contributed by atoms with Gasteiger partial charge in [0, 0.05) is 23.7 Å². The summed E-state index contributed by atoms with van der Waals surface area (Å²) in [7, 11) is 0. The molecule has 3 aromatic rings. The van der Waals surface area contributed by atoms with Crippen molar-refractivity contribution in [3.05, 3.63) is 47.6 Å². The van der Waals surface area contributed by atoms with Gasteiger partial charge in [-0.05, 0) is 32.9 Å². The van der Waals surface area contributed by atoms with Crippen LogP contribution in [0.15, 0.2) is 41.9 Å². The summed E-state index contributed by atoms with van der Waals surface area (Å²) in [4.78, 5) is 20.3. The van der Waals surface area contributed by atoms with Gasteiger partial charge in [0.1, 0.15) is 0 Å². The number of aromatic nitrogens is 2. The van der Waals surface area contributed by atoms with Crippen molar-refractivity contribution in [3.63, 3.8) is 0 Å². The van der Waals surface area contributed by atoms with E-state index in [2.05, 4.69) is 45.1 Å². The summed E-state index contributed by atoms with van der Waals surface area (Å²) in [6.07, 6.45) is 3.83. The van der Waals surface area contributed by atoms with Crippen LogP contribution in [0.5, 0.6) is 0 Å². The Morgan fingerprint density at radius 1 is 1.27 bits per heavy atom. The number of imidazole rings is 1. The highest BCUT2D eigenvalue weighted by molar-refractivity contribution is 7.15. The molecule has 0 aliphatic carbocycles. The lowest BCUT2D eigenvalue weighted by Gasteiger charge is -2.30. The Hall–Kier alpha value is -2.18. The largest absolute Gasteiger partial charge is 0.466 e. The number of hydrogen-bond acceptors (Lipinski definition) is 5. The second-order valence-electron chi connectivity index (χ2n) is 6.63.